The second-order valence-corrected chi connectivity index (χ2v) is 7.39. The van der Waals surface area contributed by atoms with E-state index in [1.807, 2.05) is 11.8 Å². The van der Waals surface area contributed by atoms with Crippen LogP contribution in [0.15, 0.2) is 29.3 Å². The van der Waals surface area contributed by atoms with Crippen molar-refractivity contribution in [2.45, 2.75) is 45.4 Å². The summed E-state index contributed by atoms with van der Waals surface area (Å²) in [6.45, 7) is 5.95. The molecule has 0 aromatic heterocycles. The Morgan fingerprint density at radius 3 is 2.74 bits per heavy atom. The summed E-state index contributed by atoms with van der Waals surface area (Å²) in [5.41, 5.74) is 0.651. The molecule has 31 heavy (non-hydrogen) atoms. The first-order valence-electron chi connectivity index (χ1n) is 10.9. The Balaban J connectivity index is 0.00000480. The average molecular weight is 547 g/mol. The highest BCUT2D eigenvalue weighted by Crippen LogP contribution is 2.11. The lowest BCUT2D eigenvalue weighted by atomic mass is 10.1. The molecule has 0 atom stereocenters. The minimum Gasteiger partial charge on any atom is -0.357 e. The summed E-state index contributed by atoms with van der Waals surface area (Å²) in [5, 5.41) is 9.19. The zero-order chi connectivity index (χ0) is 21.6. The summed E-state index contributed by atoms with van der Waals surface area (Å²) in [5.74, 6) is 0.467. The molecule has 0 bridgehead atoms. The first-order valence-corrected chi connectivity index (χ1v) is 10.9. The molecular formula is C22H35FIN5O2. The molecule has 0 unspecified atom stereocenters. The van der Waals surface area contributed by atoms with Gasteiger partial charge in [0, 0.05) is 45.7 Å². The molecule has 174 valence electrons. The molecule has 9 heteroatoms. The van der Waals surface area contributed by atoms with Crippen LogP contribution in [0.25, 0.3) is 0 Å². The van der Waals surface area contributed by atoms with E-state index in [0.29, 0.717) is 37.6 Å². The minimum absolute atomic E-state index is 0. The number of carbonyl (C=O) groups is 2. The third-order valence-corrected chi connectivity index (χ3v) is 4.86. The summed E-state index contributed by atoms with van der Waals surface area (Å²) in [7, 11) is 0. The highest BCUT2D eigenvalue weighted by atomic mass is 127. The lowest BCUT2D eigenvalue weighted by Crippen LogP contribution is -2.42. The van der Waals surface area contributed by atoms with Crippen LogP contribution in [0.4, 0.5) is 4.39 Å². The fourth-order valence-electron chi connectivity index (χ4n) is 3.35. The number of carbonyl (C=O) groups excluding carboxylic acids is 2. The SMILES string of the molecule is CCNC(=NCCCN1CCCCCC1=O)NCCNC(=O)Cc1cccc(F)c1.I. The van der Waals surface area contributed by atoms with Gasteiger partial charge in [0.2, 0.25) is 11.8 Å². The van der Waals surface area contributed by atoms with Crippen LogP contribution >= 0.6 is 24.0 Å². The fraction of sp³-hybridized carbons (Fsp3) is 0.591. The molecule has 0 saturated carbocycles. The van der Waals surface area contributed by atoms with Crippen molar-refractivity contribution in [2.75, 3.05) is 39.3 Å². The Kier molecular flexibility index (Phi) is 13.8. The Labute approximate surface area is 201 Å². The van der Waals surface area contributed by atoms with E-state index >= 15 is 0 Å². The van der Waals surface area contributed by atoms with Gasteiger partial charge in [-0.15, -0.1) is 24.0 Å². The third-order valence-electron chi connectivity index (χ3n) is 4.86. The van der Waals surface area contributed by atoms with E-state index in [4.69, 9.17) is 0 Å². The van der Waals surface area contributed by atoms with Gasteiger partial charge in [-0.3, -0.25) is 14.6 Å². The van der Waals surface area contributed by atoms with Crippen LogP contribution in [0.3, 0.4) is 0 Å². The summed E-state index contributed by atoms with van der Waals surface area (Å²) in [6, 6.07) is 6.06. The first-order chi connectivity index (χ1) is 14.6. The standard InChI is InChI=1S/C22H34FN5O2.HI/c1-2-24-22(26-11-7-15-28-14-5-3-4-10-21(28)30)27-13-12-25-20(29)17-18-8-6-9-19(23)16-18;/h6,8-9,16H,2-5,7,10-15,17H2,1H3,(H,25,29)(H2,24,26,27);1H. The monoisotopic (exact) mass is 547 g/mol. The Morgan fingerprint density at radius 2 is 1.97 bits per heavy atom. The van der Waals surface area contributed by atoms with Crippen LogP contribution in [-0.4, -0.2) is 61.9 Å². The zero-order valence-electron chi connectivity index (χ0n) is 18.3. The zero-order valence-corrected chi connectivity index (χ0v) is 20.6. The Hall–Kier alpha value is -1.91. The quantitative estimate of drug-likeness (QED) is 0.182. The molecule has 1 aliphatic heterocycles. The Morgan fingerprint density at radius 1 is 1.16 bits per heavy atom. The molecule has 1 heterocycles. The predicted molar refractivity (Wildman–Crippen MR) is 132 cm³/mol. The molecule has 3 N–H and O–H groups in total. The van der Waals surface area contributed by atoms with E-state index in [0.717, 1.165) is 45.3 Å². The largest absolute Gasteiger partial charge is 0.357 e. The fourth-order valence-corrected chi connectivity index (χ4v) is 3.35. The second-order valence-electron chi connectivity index (χ2n) is 7.39. The number of rotatable bonds is 10. The summed E-state index contributed by atoms with van der Waals surface area (Å²) < 4.78 is 13.2. The van der Waals surface area contributed by atoms with Gasteiger partial charge in [-0.1, -0.05) is 18.6 Å². The summed E-state index contributed by atoms with van der Waals surface area (Å²) in [6.07, 6.45) is 4.87. The van der Waals surface area contributed by atoms with Gasteiger partial charge >= 0.3 is 0 Å². The van der Waals surface area contributed by atoms with Gasteiger partial charge in [-0.2, -0.15) is 0 Å². The van der Waals surface area contributed by atoms with Crippen molar-refractivity contribution in [3.05, 3.63) is 35.6 Å². The van der Waals surface area contributed by atoms with Crippen molar-refractivity contribution in [3.63, 3.8) is 0 Å². The smallest absolute Gasteiger partial charge is 0.224 e. The molecule has 7 nitrogen and oxygen atoms in total. The first kappa shape index (κ1) is 27.1. The van der Waals surface area contributed by atoms with Gasteiger partial charge in [0.05, 0.1) is 6.42 Å². The molecule has 1 aromatic rings. The maximum absolute atomic E-state index is 13.2. The number of hydrogen-bond acceptors (Lipinski definition) is 3. The average Bonchev–Trinajstić information content (AvgIpc) is 2.92. The van der Waals surface area contributed by atoms with Crippen LogP contribution in [0.5, 0.6) is 0 Å². The number of amides is 2. The number of likely N-dealkylation sites (tertiary alicyclic amines) is 1. The lowest BCUT2D eigenvalue weighted by Gasteiger charge is -2.20. The van der Waals surface area contributed by atoms with Gasteiger partial charge in [-0.25, -0.2) is 4.39 Å². The lowest BCUT2D eigenvalue weighted by molar-refractivity contribution is -0.130. The van der Waals surface area contributed by atoms with E-state index in [9.17, 15) is 14.0 Å². The van der Waals surface area contributed by atoms with Crippen molar-refractivity contribution in [1.82, 2.24) is 20.9 Å². The number of halogens is 2. The van der Waals surface area contributed by atoms with E-state index < -0.39 is 0 Å². The van der Waals surface area contributed by atoms with Gasteiger partial charge in [-0.05, 0) is 43.9 Å². The van der Waals surface area contributed by atoms with E-state index in [2.05, 4.69) is 20.9 Å². The molecule has 1 aliphatic rings. The van der Waals surface area contributed by atoms with Crippen LogP contribution in [-0.2, 0) is 16.0 Å². The van der Waals surface area contributed by atoms with E-state index in [1.165, 1.54) is 12.1 Å². The molecule has 0 aliphatic carbocycles. The van der Waals surface area contributed by atoms with Crippen molar-refractivity contribution < 1.29 is 14.0 Å². The molecule has 1 fully saturated rings. The van der Waals surface area contributed by atoms with Crippen LogP contribution in [0.2, 0.25) is 0 Å². The maximum atomic E-state index is 13.2. The third kappa shape index (κ3) is 11.3. The highest BCUT2D eigenvalue weighted by Gasteiger charge is 2.15. The van der Waals surface area contributed by atoms with Crippen molar-refractivity contribution >= 4 is 41.8 Å². The van der Waals surface area contributed by atoms with Crippen LogP contribution in [0, 0.1) is 5.82 Å². The number of guanidine groups is 1. The van der Waals surface area contributed by atoms with Crippen LogP contribution in [0.1, 0.15) is 44.6 Å². The molecule has 0 radical (unpaired) electrons. The maximum Gasteiger partial charge on any atom is 0.224 e. The normalized spacial score (nSPS) is 14.5. The number of nitrogens with zero attached hydrogens (tertiary/aromatic N) is 2. The summed E-state index contributed by atoms with van der Waals surface area (Å²) in [4.78, 5) is 30.5. The van der Waals surface area contributed by atoms with Gasteiger partial charge < -0.3 is 20.9 Å². The van der Waals surface area contributed by atoms with Gasteiger partial charge in [0.25, 0.3) is 0 Å². The molecule has 2 amide bonds. The van der Waals surface area contributed by atoms with E-state index in [-0.39, 0.29) is 48.0 Å². The van der Waals surface area contributed by atoms with E-state index in [1.54, 1.807) is 12.1 Å². The number of benzene rings is 1. The van der Waals surface area contributed by atoms with Gasteiger partial charge in [0.15, 0.2) is 5.96 Å². The molecule has 1 saturated heterocycles. The Bertz CT molecular complexity index is 717. The number of hydrogen-bond donors (Lipinski definition) is 3. The predicted octanol–water partition coefficient (Wildman–Crippen LogP) is 2.45. The number of aliphatic imine (C=N–C) groups is 1. The molecule has 1 aromatic carbocycles. The van der Waals surface area contributed by atoms with Crippen molar-refractivity contribution in [1.29, 1.82) is 0 Å². The minimum atomic E-state index is -0.339. The van der Waals surface area contributed by atoms with Gasteiger partial charge in [0.1, 0.15) is 5.82 Å². The molecule has 0 spiro atoms. The highest BCUT2D eigenvalue weighted by molar-refractivity contribution is 14.0. The molecular weight excluding hydrogens is 512 g/mol. The summed E-state index contributed by atoms with van der Waals surface area (Å²) >= 11 is 0. The second kappa shape index (κ2) is 15.8. The van der Waals surface area contributed by atoms with Crippen molar-refractivity contribution in [3.8, 4) is 0 Å². The number of nitrogens with one attached hydrogen (secondary N) is 3. The molecule has 2 rings (SSSR count). The van der Waals surface area contributed by atoms with Crippen LogP contribution < -0.4 is 16.0 Å². The topological polar surface area (TPSA) is 85.8 Å². The van der Waals surface area contributed by atoms with Crippen molar-refractivity contribution in [2.24, 2.45) is 4.99 Å².